The molecule has 2 aliphatic rings. The summed E-state index contributed by atoms with van der Waals surface area (Å²) in [6.07, 6.45) is 4.26. The Balaban J connectivity index is 2.31. The van der Waals surface area contributed by atoms with E-state index >= 15 is 0 Å². The van der Waals surface area contributed by atoms with Gasteiger partial charge in [-0.15, -0.1) is 0 Å². The molecule has 0 radical (unpaired) electrons. The number of hydrogen-bond acceptors (Lipinski definition) is 6. The van der Waals surface area contributed by atoms with Gasteiger partial charge in [-0.1, -0.05) is 18.2 Å². The number of ketones is 1. The minimum Gasteiger partial charge on any atom is -0.468 e. The number of rotatable bonds is 4. The molecule has 1 aromatic rings. The van der Waals surface area contributed by atoms with Gasteiger partial charge in [0, 0.05) is 12.1 Å². The van der Waals surface area contributed by atoms with E-state index in [-0.39, 0.29) is 11.4 Å². The fourth-order valence-corrected chi connectivity index (χ4v) is 4.16. The van der Waals surface area contributed by atoms with Crippen LogP contribution in [0.4, 0.5) is 4.39 Å². The molecule has 0 aliphatic carbocycles. The minimum absolute atomic E-state index is 0.124. The number of fused-ring (bicyclic) bond motifs is 1. The SMILES string of the molecule is COC(=O)[C@]1(C#N)[C@H](c2cccc(F)c2)[C@H](C(C)=O)N2C=C(C(N)=O)C=C[C@H]21. The number of nitrogens with two attached hydrogens (primary N) is 1. The highest BCUT2D eigenvalue weighted by Crippen LogP contribution is 2.53. The molecule has 1 aromatic carbocycles. The molecule has 0 aromatic heterocycles. The maximum absolute atomic E-state index is 13.9. The quantitative estimate of drug-likeness (QED) is 0.781. The highest BCUT2D eigenvalue weighted by atomic mass is 19.1. The van der Waals surface area contributed by atoms with Crippen LogP contribution < -0.4 is 5.73 Å². The summed E-state index contributed by atoms with van der Waals surface area (Å²) >= 11 is 0. The van der Waals surface area contributed by atoms with Crippen molar-refractivity contribution in [1.82, 2.24) is 4.90 Å². The number of primary amides is 1. The molecule has 0 saturated carbocycles. The van der Waals surface area contributed by atoms with E-state index in [2.05, 4.69) is 0 Å². The maximum Gasteiger partial charge on any atom is 0.329 e. The molecule has 2 aliphatic heterocycles. The van der Waals surface area contributed by atoms with Crippen molar-refractivity contribution in [2.75, 3.05) is 7.11 Å². The number of halogens is 1. The van der Waals surface area contributed by atoms with Crippen LogP contribution in [0, 0.1) is 22.6 Å². The topological polar surface area (TPSA) is 113 Å². The van der Waals surface area contributed by atoms with E-state index in [4.69, 9.17) is 10.5 Å². The number of ether oxygens (including phenoxy) is 1. The predicted molar refractivity (Wildman–Crippen MR) is 95.7 cm³/mol. The van der Waals surface area contributed by atoms with Crippen LogP contribution in [-0.2, 0) is 19.1 Å². The van der Waals surface area contributed by atoms with Crippen LogP contribution in [0.25, 0.3) is 0 Å². The highest BCUT2D eigenvalue weighted by molar-refractivity contribution is 5.96. The highest BCUT2D eigenvalue weighted by Gasteiger charge is 2.66. The van der Waals surface area contributed by atoms with Gasteiger partial charge in [0.15, 0.2) is 11.2 Å². The Hall–Kier alpha value is -3.47. The van der Waals surface area contributed by atoms with Gasteiger partial charge in [-0.3, -0.25) is 14.4 Å². The number of carbonyl (C=O) groups excluding carboxylic acids is 3. The van der Waals surface area contributed by atoms with Gasteiger partial charge in [0.1, 0.15) is 5.82 Å². The van der Waals surface area contributed by atoms with Crippen LogP contribution in [0.15, 0.2) is 48.2 Å². The molecule has 4 atom stereocenters. The van der Waals surface area contributed by atoms with Crippen LogP contribution in [0.5, 0.6) is 0 Å². The van der Waals surface area contributed by atoms with Gasteiger partial charge in [-0.2, -0.15) is 5.26 Å². The third-order valence-electron chi connectivity index (χ3n) is 5.28. The van der Waals surface area contributed by atoms with Crippen molar-refractivity contribution in [3.05, 3.63) is 59.6 Å². The number of nitrogens with zero attached hydrogens (tertiary/aromatic N) is 2. The molecule has 0 unspecified atom stereocenters. The van der Waals surface area contributed by atoms with Crippen molar-refractivity contribution in [2.24, 2.45) is 11.1 Å². The molecular weight excluding hydrogens is 365 g/mol. The van der Waals surface area contributed by atoms with Crippen molar-refractivity contribution < 1.29 is 23.5 Å². The second kappa shape index (κ2) is 6.93. The molecule has 0 spiro atoms. The second-order valence-corrected chi connectivity index (χ2v) is 6.76. The fraction of sp³-hybridized carbons (Fsp3) is 0.300. The van der Waals surface area contributed by atoms with E-state index in [9.17, 15) is 24.0 Å². The monoisotopic (exact) mass is 383 g/mol. The Morgan fingerprint density at radius 2 is 2.07 bits per heavy atom. The van der Waals surface area contributed by atoms with E-state index in [1.54, 1.807) is 6.07 Å². The summed E-state index contributed by atoms with van der Waals surface area (Å²) in [6.45, 7) is 1.31. The van der Waals surface area contributed by atoms with Gasteiger partial charge in [0.05, 0.1) is 30.8 Å². The van der Waals surface area contributed by atoms with Crippen molar-refractivity contribution in [1.29, 1.82) is 5.26 Å². The van der Waals surface area contributed by atoms with Gasteiger partial charge in [0.25, 0.3) is 0 Å². The van der Waals surface area contributed by atoms with Crippen molar-refractivity contribution >= 4 is 17.7 Å². The fourth-order valence-electron chi connectivity index (χ4n) is 4.16. The maximum atomic E-state index is 13.9. The first-order valence-electron chi connectivity index (χ1n) is 8.50. The lowest BCUT2D eigenvalue weighted by Crippen LogP contribution is -2.45. The van der Waals surface area contributed by atoms with Crippen LogP contribution in [0.2, 0.25) is 0 Å². The molecule has 7 nitrogen and oxygen atoms in total. The van der Waals surface area contributed by atoms with Gasteiger partial charge in [0.2, 0.25) is 5.91 Å². The van der Waals surface area contributed by atoms with Crippen LogP contribution in [0.3, 0.4) is 0 Å². The number of nitriles is 1. The lowest BCUT2D eigenvalue weighted by atomic mass is 9.68. The van der Waals surface area contributed by atoms with Crippen LogP contribution in [0.1, 0.15) is 18.4 Å². The third-order valence-corrected chi connectivity index (χ3v) is 5.28. The molecule has 0 bridgehead atoms. The average Bonchev–Trinajstić information content (AvgIpc) is 2.98. The normalized spacial score (nSPS) is 28.1. The molecular formula is C20H18FN3O4. The van der Waals surface area contributed by atoms with Crippen LogP contribution in [-0.4, -0.2) is 41.8 Å². The Kier molecular flexibility index (Phi) is 4.77. The molecule has 28 heavy (non-hydrogen) atoms. The lowest BCUT2D eigenvalue weighted by Gasteiger charge is -2.32. The number of carbonyl (C=O) groups is 3. The van der Waals surface area contributed by atoms with E-state index in [1.165, 1.54) is 48.4 Å². The summed E-state index contributed by atoms with van der Waals surface area (Å²) in [6, 6.07) is 5.57. The van der Waals surface area contributed by atoms with Gasteiger partial charge >= 0.3 is 5.97 Å². The first kappa shape index (κ1) is 19.3. The zero-order valence-electron chi connectivity index (χ0n) is 15.3. The summed E-state index contributed by atoms with van der Waals surface area (Å²) in [4.78, 5) is 38.5. The second-order valence-electron chi connectivity index (χ2n) is 6.76. The zero-order chi connectivity index (χ0) is 20.6. The van der Waals surface area contributed by atoms with E-state index in [0.717, 1.165) is 7.11 Å². The van der Waals surface area contributed by atoms with Crippen molar-refractivity contribution in [3.8, 4) is 6.07 Å². The lowest BCUT2D eigenvalue weighted by molar-refractivity contribution is -0.150. The minimum atomic E-state index is -1.82. The summed E-state index contributed by atoms with van der Waals surface area (Å²) in [5.41, 5.74) is 3.96. The number of hydrogen-bond donors (Lipinski definition) is 1. The molecule has 3 rings (SSSR count). The van der Waals surface area contributed by atoms with Gasteiger partial charge in [-0.25, -0.2) is 4.39 Å². The third kappa shape index (κ3) is 2.67. The van der Waals surface area contributed by atoms with Crippen molar-refractivity contribution in [3.63, 3.8) is 0 Å². The molecule has 144 valence electrons. The van der Waals surface area contributed by atoms with Crippen LogP contribution >= 0.6 is 0 Å². The zero-order valence-corrected chi connectivity index (χ0v) is 15.3. The number of esters is 1. The molecule has 1 amide bonds. The Bertz CT molecular complexity index is 964. The van der Waals surface area contributed by atoms with E-state index < -0.39 is 41.1 Å². The standard InChI is InChI=1S/C20H18FN3O4/c1-11(25)17-16(12-4-3-5-14(21)8-12)20(10-22,19(27)28-2)15-7-6-13(18(23)26)9-24(15)17/h3-9,15-17H,1-2H3,(H2,23,26)/t15-,16+,17-,20-/m0/s1. The number of benzene rings is 1. The first-order valence-corrected chi connectivity index (χ1v) is 8.50. The summed E-state index contributed by atoms with van der Waals surface area (Å²) in [5.74, 6) is -3.49. The number of Topliss-reactive ketones (excluding diaryl/α,β-unsaturated/α-hetero) is 1. The average molecular weight is 383 g/mol. The molecule has 2 heterocycles. The van der Waals surface area contributed by atoms with Gasteiger partial charge in [-0.05, 0) is 30.7 Å². The van der Waals surface area contributed by atoms with Crippen molar-refractivity contribution in [2.45, 2.75) is 24.9 Å². The van der Waals surface area contributed by atoms with Gasteiger partial charge < -0.3 is 15.4 Å². The van der Waals surface area contributed by atoms with E-state index in [1.807, 2.05) is 6.07 Å². The Morgan fingerprint density at radius 1 is 1.36 bits per heavy atom. The molecule has 8 heteroatoms. The molecule has 1 fully saturated rings. The molecule has 1 saturated heterocycles. The Morgan fingerprint density at radius 3 is 2.61 bits per heavy atom. The summed E-state index contributed by atoms with van der Waals surface area (Å²) < 4.78 is 18.9. The summed E-state index contributed by atoms with van der Waals surface area (Å²) in [7, 11) is 1.15. The van der Waals surface area contributed by atoms with E-state index in [0.29, 0.717) is 5.56 Å². The predicted octanol–water partition coefficient (Wildman–Crippen LogP) is 1.17. The smallest absolute Gasteiger partial charge is 0.329 e. The Labute approximate surface area is 160 Å². The molecule has 2 N–H and O–H groups in total. The first-order chi connectivity index (χ1) is 13.3. The largest absolute Gasteiger partial charge is 0.468 e. The number of amides is 1. The summed E-state index contributed by atoms with van der Waals surface area (Å²) in [5, 5.41) is 10.1. The number of methoxy groups -OCH3 is 1.